The van der Waals surface area contributed by atoms with E-state index < -0.39 is 0 Å². The zero-order valence-electron chi connectivity index (χ0n) is 17.8. The topological polar surface area (TPSA) is 64.7 Å². The first-order valence-corrected chi connectivity index (χ1v) is 11.4. The molecule has 0 amide bonds. The van der Waals surface area contributed by atoms with Crippen LogP contribution in [0.5, 0.6) is 5.75 Å². The highest BCUT2D eigenvalue weighted by molar-refractivity contribution is 7.98. The van der Waals surface area contributed by atoms with Crippen molar-refractivity contribution in [1.82, 2.24) is 4.98 Å². The van der Waals surface area contributed by atoms with Crippen molar-refractivity contribution in [3.8, 4) is 17.2 Å². The molecule has 0 aliphatic heterocycles. The second-order valence-corrected chi connectivity index (χ2v) is 7.84. The number of hydrogen-bond acceptors (Lipinski definition) is 6. The van der Waals surface area contributed by atoms with Gasteiger partial charge < -0.3 is 19.0 Å². The third-order valence-corrected chi connectivity index (χ3v) is 5.57. The van der Waals surface area contributed by atoms with Crippen molar-refractivity contribution in [3.63, 3.8) is 0 Å². The van der Waals surface area contributed by atoms with Crippen LogP contribution in [0.2, 0.25) is 0 Å². The molecule has 160 valence electrons. The molecule has 0 aliphatic rings. The molecule has 1 aromatic heterocycles. The molecule has 1 heterocycles. The Hall–Kier alpha value is -2.28. The van der Waals surface area contributed by atoms with Crippen LogP contribution in [0.1, 0.15) is 23.9 Å². The number of nitrogens with zero attached hydrogens (tertiary/aromatic N) is 1. The Balaban J connectivity index is 1.53. The second kappa shape index (κ2) is 11.2. The first-order valence-electron chi connectivity index (χ1n) is 10.2. The van der Waals surface area contributed by atoms with Crippen LogP contribution >= 0.6 is 11.8 Å². The van der Waals surface area contributed by atoms with Gasteiger partial charge in [-0.25, -0.2) is 4.98 Å². The zero-order chi connectivity index (χ0) is 21.3. The van der Waals surface area contributed by atoms with Crippen LogP contribution in [0.4, 0.5) is 0 Å². The fourth-order valence-electron chi connectivity index (χ4n) is 3.18. The zero-order valence-corrected chi connectivity index (χ0v) is 18.6. The molecule has 5 nitrogen and oxygen atoms in total. The molecule has 0 saturated heterocycles. The number of aryl methyl sites for hydroxylation is 1. The summed E-state index contributed by atoms with van der Waals surface area (Å²) >= 11 is 1.71. The average molecular weight is 428 g/mol. The summed E-state index contributed by atoms with van der Waals surface area (Å²) in [6.07, 6.45) is 3.26. The number of ether oxygens (including phenoxy) is 2. The lowest BCUT2D eigenvalue weighted by atomic mass is 10.1. The van der Waals surface area contributed by atoms with Crippen molar-refractivity contribution in [3.05, 3.63) is 65.5 Å². The molecule has 2 aromatic carbocycles. The SMILES string of the molecule is CCO[C@H](CO)Cc1ccc(OCCc2nc(-c3ccc(SC)cc3)oc2C)cc1. The van der Waals surface area contributed by atoms with E-state index in [-0.39, 0.29) is 12.7 Å². The highest BCUT2D eigenvalue weighted by Crippen LogP contribution is 2.25. The standard InChI is InChI=1S/C24H29NO4S/c1-4-27-21(16-26)15-18-5-9-20(10-6-18)28-14-13-23-17(2)29-24(25-23)19-7-11-22(30-3)12-8-19/h5-12,21,26H,4,13-16H2,1-3H3/t21-/m0/s1. The molecule has 0 aliphatic carbocycles. The summed E-state index contributed by atoms with van der Waals surface area (Å²) in [5, 5.41) is 9.35. The summed E-state index contributed by atoms with van der Waals surface area (Å²) in [6, 6.07) is 16.1. The van der Waals surface area contributed by atoms with Crippen LogP contribution in [0, 0.1) is 6.92 Å². The molecular formula is C24H29NO4S. The summed E-state index contributed by atoms with van der Waals surface area (Å²) in [5.74, 6) is 2.28. The van der Waals surface area contributed by atoms with Gasteiger partial charge in [0.25, 0.3) is 0 Å². The van der Waals surface area contributed by atoms with E-state index in [0.717, 1.165) is 28.3 Å². The third kappa shape index (κ3) is 6.11. The first kappa shape index (κ1) is 22.4. The highest BCUT2D eigenvalue weighted by Gasteiger charge is 2.12. The second-order valence-electron chi connectivity index (χ2n) is 6.96. The molecule has 6 heteroatoms. The molecule has 0 fully saturated rings. The van der Waals surface area contributed by atoms with Crippen LogP contribution in [-0.4, -0.2) is 42.3 Å². The molecule has 0 bridgehead atoms. The molecule has 0 unspecified atom stereocenters. The van der Waals surface area contributed by atoms with Crippen LogP contribution in [0.3, 0.4) is 0 Å². The Morgan fingerprint density at radius 1 is 1.10 bits per heavy atom. The Morgan fingerprint density at radius 3 is 2.47 bits per heavy atom. The van der Waals surface area contributed by atoms with Gasteiger partial charge in [0, 0.05) is 29.9 Å². The Kier molecular flexibility index (Phi) is 8.37. The number of rotatable bonds is 11. The van der Waals surface area contributed by atoms with E-state index in [4.69, 9.17) is 13.9 Å². The van der Waals surface area contributed by atoms with Crippen molar-refractivity contribution < 1.29 is 19.0 Å². The van der Waals surface area contributed by atoms with Gasteiger partial charge in [-0.05, 0) is 62.1 Å². The fourth-order valence-corrected chi connectivity index (χ4v) is 3.59. The minimum absolute atomic E-state index is 0.0207. The van der Waals surface area contributed by atoms with E-state index in [9.17, 15) is 5.11 Å². The lowest BCUT2D eigenvalue weighted by Crippen LogP contribution is -2.20. The van der Waals surface area contributed by atoms with Gasteiger partial charge in [-0.3, -0.25) is 0 Å². The molecule has 3 rings (SSSR count). The molecule has 0 radical (unpaired) electrons. The number of benzene rings is 2. The lowest BCUT2D eigenvalue weighted by molar-refractivity contribution is 0.0207. The number of aliphatic hydroxyl groups excluding tert-OH is 1. The summed E-state index contributed by atoms with van der Waals surface area (Å²) in [5.41, 5.74) is 3.00. The third-order valence-electron chi connectivity index (χ3n) is 4.83. The summed E-state index contributed by atoms with van der Waals surface area (Å²) in [7, 11) is 0. The molecular weight excluding hydrogens is 398 g/mol. The van der Waals surface area contributed by atoms with Crippen LogP contribution < -0.4 is 4.74 Å². The number of aromatic nitrogens is 1. The number of oxazole rings is 1. The van der Waals surface area contributed by atoms with Gasteiger partial charge in [0.15, 0.2) is 0 Å². The van der Waals surface area contributed by atoms with Crippen molar-refractivity contribution in [2.75, 3.05) is 26.1 Å². The normalized spacial score (nSPS) is 12.1. The van der Waals surface area contributed by atoms with Crippen molar-refractivity contribution >= 4 is 11.8 Å². The average Bonchev–Trinajstić information content (AvgIpc) is 3.15. The lowest BCUT2D eigenvalue weighted by Gasteiger charge is -2.14. The van der Waals surface area contributed by atoms with Gasteiger partial charge in [-0.1, -0.05) is 12.1 Å². The van der Waals surface area contributed by atoms with Crippen LogP contribution in [0.15, 0.2) is 57.8 Å². The maximum Gasteiger partial charge on any atom is 0.226 e. The van der Waals surface area contributed by atoms with Gasteiger partial charge in [0.1, 0.15) is 11.5 Å². The van der Waals surface area contributed by atoms with E-state index in [2.05, 4.69) is 23.4 Å². The Bertz CT molecular complexity index is 906. The maximum absolute atomic E-state index is 9.35. The fraction of sp³-hybridized carbons (Fsp3) is 0.375. The van der Waals surface area contributed by atoms with Crippen molar-refractivity contribution in [1.29, 1.82) is 0 Å². The molecule has 1 atom stereocenters. The quantitative estimate of drug-likeness (QED) is 0.438. The smallest absolute Gasteiger partial charge is 0.226 e. The first-order chi connectivity index (χ1) is 14.6. The molecule has 1 N–H and O–H groups in total. The van der Waals surface area contributed by atoms with E-state index in [0.29, 0.717) is 31.9 Å². The highest BCUT2D eigenvalue weighted by atomic mass is 32.2. The monoisotopic (exact) mass is 427 g/mol. The van der Waals surface area contributed by atoms with Gasteiger partial charge in [-0.2, -0.15) is 0 Å². The molecule has 30 heavy (non-hydrogen) atoms. The molecule has 0 spiro atoms. The van der Waals surface area contributed by atoms with E-state index in [1.807, 2.05) is 50.2 Å². The van der Waals surface area contributed by atoms with E-state index in [1.165, 1.54) is 4.90 Å². The van der Waals surface area contributed by atoms with Gasteiger partial charge in [0.05, 0.1) is 25.0 Å². The number of thioether (sulfide) groups is 1. The van der Waals surface area contributed by atoms with Crippen molar-refractivity contribution in [2.24, 2.45) is 0 Å². The summed E-state index contributed by atoms with van der Waals surface area (Å²) in [4.78, 5) is 5.86. The summed E-state index contributed by atoms with van der Waals surface area (Å²) < 4.78 is 17.2. The van der Waals surface area contributed by atoms with Crippen LogP contribution in [-0.2, 0) is 17.6 Å². The van der Waals surface area contributed by atoms with Crippen LogP contribution in [0.25, 0.3) is 11.5 Å². The predicted octanol–water partition coefficient (Wildman–Crippen LogP) is 4.93. The van der Waals surface area contributed by atoms with Gasteiger partial charge in [-0.15, -0.1) is 11.8 Å². The Labute approximate surface area is 182 Å². The minimum atomic E-state index is -0.164. The maximum atomic E-state index is 9.35. The minimum Gasteiger partial charge on any atom is -0.493 e. The predicted molar refractivity (Wildman–Crippen MR) is 120 cm³/mol. The van der Waals surface area contributed by atoms with Crippen molar-refractivity contribution in [2.45, 2.75) is 37.7 Å². The number of aliphatic hydroxyl groups is 1. The largest absolute Gasteiger partial charge is 0.493 e. The summed E-state index contributed by atoms with van der Waals surface area (Å²) in [6.45, 7) is 5.01. The number of hydrogen-bond donors (Lipinski definition) is 1. The Morgan fingerprint density at radius 2 is 1.83 bits per heavy atom. The van der Waals surface area contributed by atoms with Gasteiger partial charge >= 0.3 is 0 Å². The molecule has 3 aromatic rings. The van der Waals surface area contributed by atoms with E-state index in [1.54, 1.807) is 11.8 Å². The molecule has 0 saturated carbocycles. The van der Waals surface area contributed by atoms with E-state index >= 15 is 0 Å². The van der Waals surface area contributed by atoms with Gasteiger partial charge in [0.2, 0.25) is 5.89 Å².